The summed E-state index contributed by atoms with van der Waals surface area (Å²) >= 11 is 0. The van der Waals surface area contributed by atoms with Crippen LogP contribution in [0.25, 0.3) is 0 Å². The van der Waals surface area contributed by atoms with Gasteiger partial charge in [0.15, 0.2) is 0 Å². The standard InChI is InChI=1S/C12H18O3/c1-3-10(2)15-12-6-4-11(5-7-12)14-9-8-13/h4-7,10,13H,3,8-9H2,1-2H3/t10-/m1/s1. The zero-order chi connectivity index (χ0) is 11.1. The minimum absolute atomic E-state index is 0.0329. The van der Waals surface area contributed by atoms with E-state index in [1.54, 1.807) is 0 Å². The number of hydrogen-bond donors (Lipinski definition) is 1. The van der Waals surface area contributed by atoms with Crippen LogP contribution in [0.4, 0.5) is 0 Å². The van der Waals surface area contributed by atoms with Crippen LogP contribution in [0.3, 0.4) is 0 Å². The van der Waals surface area contributed by atoms with Crippen molar-refractivity contribution in [3.05, 3.63) is 24.3 Å². The van der Waals surface area contributed by atoms with Crippen molar-refractivity contribution in [2.45, 2.75) is 26.4 Å². The fraction of sp³-hybridized carbons (Fsp3) is 0.500. The highest BCUT2D eigenvalue weighted by molar-refractivity contribution is 5.31. The van der Waals surface area contributed by atoms with Gasteiger partial charge in [-0.2, -0.15) is 0 Å². The maximum Gasteiger partial charge on any atom is 0.119 e. The fourth-order valence-corrected chi connectivity index (χ4v) is 1.09. The lowest BCUT2D eigenvalue weighted by molar-refractivity contribution is 0.200. The number of rotatable bonds is 6. The van der Waals surface area contributed by atoms with Crippen LogP contribution >= 0.6 is 0 Å². The Bertz CT molecular complexity index is 269. The van der Waals surface area contributed by atoms with Crippen molar-refractivity contribution >= 4 is 0 Å². The Labute approximate surface area is 90.6 Å². The van der Waals surface area contributed by atoms with Crippen molar-refractivity contribution in [2.75, 3.05) is 13.2 Å². The molecule has 0 amide bonds. The van der Waals surface area contributed by atoms with E-state index in [-0.39, 0.29) is 12.7 Å². The molecule has 0 heterocycles. The van der Waals surface area contributed by atoms with E-state index in [1.165, 1.54) is 0 Å². The number of aliphatic hydroxyl groups is 1. The summed E-state index contributed by atoms with van der Waals surface area (Å²) in [7, 11) is 0. The lowest BCUT2D eigenvalue weighted by atomic mass is 10.3. The van der Waals surface area contributed by atoms with Gasteiger partial charge in [-0.3, -0.25) is 0 Å². The predicted molar refractivity (Wildman–Crippen MR) is 59.4 cm³/mol. The van der Waals surface area contributed by atoms with Crippen LogP contribution in [0.5, 0.6) is 11.5 Å². The Hall–Kier alpha value is -1.22. The monoisotopic (exact) mass is 210 g/mol. The number of ether oxygens (including phenoxy) is 2. The van der Waals surface area contributed by atoms with Crippen molar-refractivity contribution in [1.29, 1.82) is 0 Å². The summed E-state index contributed by atoms with van der Waals surface area (Å²) in [5.74, 6) is 1.60. The van der Waals surface area contributed by atoms with E-state index in [0.717, 1.165) is 17.9 Å². The Balaban J connectivity index is 2.48. The van der Waals surface area contributed by atoms with Crippen molar-refractivity contribution in [3.63, 3.8) is 0 Å². The highest BCUT2D eigenvalue weighted by Gasteiger charge is 2.00. The van der Waals surface area contributed by atoms with Gasteiger partial charge in [0.25, 0.3) is 0 Å². The van der Waals surface area contributed by atoms with Crippen LogP contribution in [0.15, 0.2) is 24.3 Å². The van der Waals surface area contributed by atoms with Crippen LogP contribution in [0.2, 0.25) is 0 Å². The summed E-state index contributed by atoms with van der Waals surface area (Å²) in [6.45, 7) is 4.48. The van der Waals surface area contributed by atoms with Gasteiger partial charge in [-0.25, -0.2) is 0 Å². The zero-order valence-corrected chi connectivity index (χ0v) is 9.27. The molecule has 1 aromatic carbocycles. The molecule has 0 aromatic heterocycles. The van der Waals surface area contributed by atoms with Crippen LogP contribution in [-0.4, -0.2) is 24.4 Å². The summed E-state index contributed by atoms with van der Waals surface area (Å²) in [4.78, 5) is 0. The van der Waals surface area contributed by atoms with Gasteiger partial charge < -0.3 is 14.6 Å². The molecule has 0 saturated carbocycles. The second-order valence-corrected chi connectivity index (χ2v) is 3.38. The molecule has 3 heteroatoms. The molecule has 0 aliphatic carbocycles. The van der Waals surface area contributed by atoms with Crippen LogP contribution in [0, 0.1) is 0 Å². The van der Waals surface area contributed by atoms with Gasteiger partial charge in [0.2, 0.25) is 0 Å². The number of aliphatic hydroxyl groups excluding tert-OH is 1. The van der Waals surface area contributed by atoms with Crippen LogP contribution < -0.4 is 9.47 Å². The van der Waals surface area contributed by atoms with E-state index >= 15 is 0 Å². The average molecular weight is 210 g/mol. The topological polar surface area (TPSA) is 38.7 Å². The van der Waals surface area contributed by atoms with Crippen molar-refractivity contribution in [3.8, 4) is 11.5 Å². The summed E-state index contributed by atoms with van der Waals surface area (Å²) < 4.78 is 10.9. The lowest BCUT2D eigenvalue weighted by Crippen LogP contribution is -2.09. The molecule has 0 aliphatic heterocycles. The highest BCUT2D eigenvalue weighted by Crippen LogP contribution is 2.18. The molecular formula is C12H18O3. The first-order chi connectivity index (χ1) is 7.26. The van der Waals surface area contributed by atoms with Crippen molar-refractivity contribution < 1.29 is 14.6 Å². The van der Waals surface area contributed by atoms with Gasteiger partial charge in [-0.05, 0) is 37.6 Å². The quantitative estimate of drug-likeness (QED) is 0.782. The van der Waals surface area contributed by atoms with Gasteiger partial charge in [0.1, 0.15) is 18.1 Å². The minimum atomic E-state index is 0.0329. The first-order valence-corrected chi connectivity index (χ1v) is 5.26. The molecule has 1 rings (SSSR count). The molecule has 0 bridgehead atoms. The summed E-state index contributed by atoms with van der Waals surface area (Å²) in [5.41, 5.74) is 0. The molecule has 1 N–H and O–H groups in total. The molecule has 0 saturated heterocycles. The molecule has 1 atom stereocenters. The molecule has 1 aromatic rings. The third-order valence-electron chi connectivity index (χ3n) is 2.10. The van der Waals surface area contributed by atoms with E-state index in [4.69, 9.17) is 14.6 Å². The summed E-state index contributed by atoms with van der Waals surface area (Å²) in [5, 5.41) is 8.58. The Morgan fingerprint density at radius 1 is 1.20 bits per heavy atom. The van der Waals surface area contributed by atoms with Gasteiger partial charge >= 0.3 is 0 Å². The Morgan fingerprint density at radius 2 is 1.80 bits per heavy atom. The molecule has 0 spiro atoms. The second kappa shape index (κ2) is 6.30. The highest BCUT2D eigenvalue weighted by atomic mass is 16.5. The van der Waals surface area contributed by atoms with Gasteiger partial charge in [0, 0.05) is 0 Å². The van der Waals surface area contributed by atoms with Crippen molar-refractivity contribution in [2.24, 2.45) is 0 Å². The maximum absolute atomic E-state index is 8.58. The average Bonchev–Trinajstić information content (AvgIpc) is 2.28. The van der Waals surface area contributed by atoms with E-state index in [1.807, 2.05) is 31.2 Å². The summed E-state index contributed by atoms with van der Waals surface area (Å²) in [6.07, 6.45) is 1.22. The number of hydrogen-bond acceptors (Lipinski definition) is 3. The second-order valence-electron chi connectivity index (χ2n) is 3.38. The first-order valence-electron chi connectivity index (χ1n) is 5.26. The van der Waals surface area contributed by atoms with Crippen molar-refractivity contribution in [1.82, 2.24) is 0 Å². The minimum Gasteiger partial charge on any atom is -0.491 e. The molecule has 0 radical (unpaired) electrons. The molecule has 0 unspecified atom stereocenters. The molecule has 3 nitrogen and oxygen atoms in total. The predicted octanol–water partition coefficient (Wildman–Crippen LogP) is 2.24. The first kappa shape index (κ1) is 11.9. The molecule has 84 valence electrons. The molecular weight excluding hydrogens is 192 g/mol. The molecule has 0 aliphatic rings. The SMILES string of the molecule is CC[C@@H](C)Oc1ccc(OCCO)cc1. The normalized spacial score (nSPS) is 12.2. The smallest absolute Gasteiger partial charge is 0.119 e. The molecule has 0 fully saturated rings. The van der Waals surface area contributed by atoms with Crippen LogP contribution in [-0.2, 0) is 0 Å². The summed E-state index contributed by atoms with van der Waals surface area (Å²) in [6, 6.07) is 7.43. The Morgan fingerprint density at radius 3 is 2.33 bits per heavy atom. The van der Waals surface area contributed by atoms with Gasteiger partial charge in [0.05, 0.1) is 12.7 Å². The van der Waals surface area contributed by atoms with E-state index in [2.05, 4.69) is 6.92 Å². The number of benzene rings is 1. The third-order valence-corrected chi connectivity index (χ3v) is 2.10. The third kappa shape index (κ3) is 4.21. The van der Waals surface area contributed by atoms with Gasteiger partial charge in [-0.15, -0.1) is 0 Å². The van der Waals surface area contributed by atoms with E-state index in [9.17, 15) is 0 Å². The lowest BCUT2D eigenvalue weighted by Gasteiger charge is -2.12. The zero-order valence-electron chi connectivity index (χ0n) is 9.27. The van der Waals surface area contributed by atoms with Crippen LogP contribution in [0.1, 0.15) is 20.3 Å². The fourth-order valence-electron chi connectivity index (χ4n) is 1.09. The van der Waals surface area contributed by atoms with Gasteiger partial charge in [-0.1, -0.05) is 6.92 Å². The molecule has 15 heavy (non-hydrogen) atoms. The van der Waals surface area contributed by atoms with E-state index in [0.29, 0.717) is 6.61 Å². The maximum atomic E-state index is 8.58. The Kier molecular flexibility index (Phi) is 4.98. The van der Waals surface area contributed by atoms with E-state index < -0.39 is 0 Å². The largest absolute Gasteiger partial charge is 0.491 e.